The highest BCUT2D eigenvalue weighted by molar-refractivity contribution is 5.91. The number of amides is 1. The van der Waals surface area contributed by atoms with Crippen LogP contribution in [0.25, 0.3) is 0 Å². The fourth-order valence-electron chi connectivity index (χ4n) is 1.94. The molecule has 0 saturated carbocycles. The van der Waals surface area contributed by atoms with Crippen molar-refractivity contribution >= 4 is 17.3 Å². The van der Waals surface area contributed by atoms with E-state index < -0.39 is 0 Å². The number of nitrogens with zero attached hydrogens (tertiary/aromatic N) is 2. The zero-order valence-electron chi connectivity index (χ0n) is 12.1. The van der Waals surface area contributed by atoms with Crippen molar-refractivity contribution in [3.63, 3.8) is 0 Å². The monoisotopic (exact) mass is 286 g/mol. The molecule has 2 rings (SSSR count). The van der Waals surface area contributed by atoms with Crippen molar-refractivity contribution in [3.05, 3.63) is 51.9 Å². The molecule has 6 nitrogen and oxygen atoms in total. The van der Waals surface area contributed by atoms with Crippen LogP contribution in [0, 0.1) is 13.8 Å². The number of nitrogens with one attached hydrogen (secondary N) is 1. The molecule has 3 N–H and O–H groups in total. The molecule has 1 aromatic carbocycles. The van der Waals surface area contributed by atoms with Gasteiger partial charge in [-0.25, -0.2) is 4.68 Å². The molecule has 0 radical (unpaired) electrons. The molecule has 0 unspecified atom stereocenters. The van der Waals surface area contributed by atoms with Gasteiger partial charge in [0.1, 0.15) is 0 Å². The minimum atomic E-state index is -0.202. The first-order valence-electron chi connectivity index (χ1n) is 6.65. The van der Waals surface area contributed by atoms with E-state index in [2.05, 4.69) is 10.4 Å². The lowest BCUT2D eigenvalue weighted by molar-refractivity contribution is -0.116. The van der Waals surface area contributed by atoms with Gasteiger partial charge < -0.3 is 11.1 Å². The average Bonchev–Trinajstić information content (AvgIpc) is 2.41. The van der Waals surface area contributed by atoms with Crippen LogP contribution in [0.3, 0.4) is 0 Å². The van der Waals surface area contributed by atoms with Crippen LogP contribution in [-0.4, -0.2) is 15.7 Å². The van der Waals surface area contributed by atoms with E-state index in [1.54, 1.807) is 31.3 Å². The first-order valence-corrected chi connectivity index (χ1v) is 6.65. The SMILES string of the molecule is Cc1cnn(CCC(=O)Nc2ccc(N)cc2C)c(=O)c1. The lowest BCUT2D eigenvalue weighted by atomic mass is 10.2. The van der Waals surface area contributed by atoms with Gasteiger partial charge >= 0.3 is 0 Å². The maximum Gasteiger partial charge on any atom is 0.266 e. The van der Waals surface area contributed by atoms with Crippen molar-refractivity contribution in [1.29, 1.82) is 0 Å². The van der Waals surface area contributed by atoms with Gasteiger partial charge in [0, 0.05) is 23.9 Å². The van der Waals surface area contributed by atoms with Crippen molar-refractivity contribution in [1.82, 2.24) is 9.78 Å². The third-order valence-corrected chi connectivity index (χ3v) is 3.08. The Morgan fingerprint density at radius 2 is 2.10 bits per heavy atom. The predicted octanol–water partition coefficient (Wildman–Crippen LogP) is 1.47. The average molecular weight is 286 g/mol. The second kappa shape index (κ2) is 6.21. The second-order valence-corrected chi connectivity index (χ2v) is 4.97. The molecule has 2 aromatic rings. The fourth-order valence-corrected chi connectivity index (χ4v) is 1.94. The van der Waals surface area contributed by atoms with E-state index in [0.717, 1.165) is 16.8 Å². The van der Waals surface area contributed by atoms with Gasteiger partial charge in [-0.15, -0.1) is 0 Å². The first-order chi connectivity index (χ1) is 9.95. The van der Waals surface area contributed by atoms with Gasteiger partial charge in [0.25, 0.3) is 5.56 Å². The van der Waals surface area contributed by atoms with Gasteiger partial charge in [0.2, 0.25) is 5.91 Å². The molecule has 0 saturated heterocycles. The highest BCUT2D eigenvalue weighted by atomic mass is 16.2. The predicted molar refractivity (Wildman–Crippen MR) is 82.1 cm³/mol. The lowest BCUT2D eigenvalue weighted by Crippen LogP contribution is -2.25. The number of rotatable bonds is 4. The van der Waals surface area contributed by atoms with Crippen LogP contribution >= 0.6 is 0 Å². The molecule has 1 amide bonds. The third-order valence-electron chi connectivity index (χ3n) is 3.08. The first kappa shape index (κ1) is 14.8. The molecule has 110 valence electrons. The summed E-state index contributed by atoms with van der Waals surface area (Å²) in [5, 5.41) is 6.79. The van der Waals surface area contributed by atoms with E-state index in [1.807, 2.05) is 6.92 Å². The number of nitrogen functional groups attached to an aromatic ring is 1. The largest absolute Gasteiger partial charge is 0.399 e. The summed E-state index contributed by atoms with van der Waals surface area (Å²) in [5.74, 6) is -0.169. The quantitative estimate of drug-likeness (QED) is 0.833. The van der Waals surface area contributed by atoms with Crippen molar-refractivity contribution in [2.75, 3.05) is 11.1 Å². The van der Waals surface area contributed by atoms with Gasteiger partial charge in [-0.2, -0.15) is 5.10 Å². The van der Waals surface area contributed by atoms with Gasteiger partial charge in [-0.05, 0) is 43.2 Å². The Balaban J connectivity index is 1.97. The number of carbonyl (C=O) groups is 1. The molecule has 0 fully saturated rings. The summed E-state index contributed by atoms with van der Waals surface area (Å²) in [5.41, 5.74) is 8.54. The minimum absolute atomic E-state index is 0.169. The molecular formula is C15H18N4O2. The van der Waals surface area contributed by atoms with E-state index in [9.17, 15) is 9.59 Å². The van der Waals surface area contributed by atoms with Gasteiger partial charge in [-0.3, -0.25) is 9.59 Å². The Morgan fingerprint density at radius 3 is 2.76 bits per heavy atom. The number of aromatic nitrogens is 2. The van der Waals surface area contributed by atoms with Crippen LogP contribution in [0.2, 0.25) is 0 Å². The number of benzene rings is 1. The van der Waals surface area contributed by atoms with E-state index in [4.69, 9.17) is 5.73 Å². The van der Waals surface area contributed by atoms with Crippen LogP contribution < -0.4 is 16.6 Å². The standard InChI is InChI=1S/C15H18N4O2/c1-10-7-15(21)19(17-9-10)6-5-14(20)18-13-4-3-12(16)8-11(13)2/h3-4,7-9H,5-6,16H2,1-2H3,(H,18,20). The summed E-state index contributed by atoms with van der Waals surface area (Å²) in [7, 11) is 0. The summed E-state index contributed by atoms with van der Waals surface area (Å²) in [6, 6.07) is 6.78. The topological polar surface area (TPSA) is 90.0 Å². The van der Waals surface area contributed by atoms with Crippen LogP contribution in [0.15, 0.2) is 35.3 Å². The summed E-state index contributed by atoms with van der Waals surface area (Å²) in [6.45, 7) is 3.92. The van der Waals surface area contributed by atoms with E-state index >= 15 is 0 Å². The minimum Gasteiger partial charge on any atom is -0.399 e. The fraction of sp³-hybridized carbons (Fsp3) is 0.267. The zero-order chi connectivity index (χ0) is 15.4. The molecule has 0 atom stereocenters. The molecular weight excluding hydrogens is 268 g/mol. The molecule has 0 spiro atoms. The van der Waals surface area contributed by atoms with Crippen molar-refractivity contribution in [2.45, 2.75) is 26.8 Å². The number of hydrogen-bond donors (Lipinski definition) is 2. The molecule has 0 bridgehead atoms. The van der Waals surface area contributed by atoms with E-state index in [-0.39, 0.29) is 24.4 Å². The van der Waals surface area contributed by atoms with Gasteiger partial charge in [0.05, 0.1) is 12.7 Å². The molecule has 1 heterocycles. The Kier molecular flexibility index (Phi) is 4.37. The smallest absolute Gasteiger partial charge is 0.266 e. The van der Waals surface area contributed by atoms with Crippen LogP contribution in [0.5, 0.6) is 0 Å². The highest BCUT2D eigenvalue weighted by Crippen LogP contribution is 2.17. The van der Waals surface area contributed by atoms with Crippen LogP contribution in [-0.2, 0) is 11.3 Å². The van der Waals surface area contributed by atoms with Gasteiger partial charge in [-0.1, -0.05) is 0 Å². The Bertz CT molecular complexity index is 722. The summed E-state index contributed by atoms with van der Waals surface area (Å²) in [4.78, 5) is 23.6. The normalized spacial score (nSPS) is 10.4. The maximum absolute atomic E-state index is 11.9. The molecule has 0 aliphatic rings. The Labute approximate surface area is 122 Å². The maximum atomic E-state index is 11.9. The summed E-state index contributed by atoms with van der Waals surface area (Å²) >= 11 is 0. The van der Waals surface area contributed by atoms with E-state index in [1.165, 1.54) is 10.7 Å². The third kappa shape index (κ3) is 3.92. The lowest BCUT2D eigenvalue weighted by Gasteiger charge is -2.09. The van der Waals surface area contributed by atoms with Gasteiger partial charge in [0.15, 0.2) is 0 Å². The van der Waals surface area contributed by atoms with Crippen LogP contribution in [0.1, 0.15) is 17.5 Å². The summed E-state index contributed by atoms with van der Waals surface area (Å²) in [6.07, 6.45) is 1.78. The number of nitrogens with two attached hydrogens (primary N) is 1. The molecule has 21 heavy (non-hydrogen) atoms. The number of carbonyl (C=O) groups excluding carboxylic acids is 1. The number of aryl methyl sites for hydroxylation is 3. The molecule has 6 heteroatoms. The Morgan fingerprint density at radius 1 is 1.33 bits per heavy atom. The molecule has 0 aliphatic heterocycles. The zero-order valence-corrected chi connectivity index (χ0v) is 12.1. The van der Waals surface area contributed by atoms with E-state index in [0.29, 0.717) is 5.69 Å². The van der Waals surface area contributed by atoms with Crippen molar-refractivity contribution < 1.29 is 4.79 Å². The van der Waals surface area contributed by atoms with Crippen LogP contribution in [0.4, 0.5) is 11.4 Å². The second-order valence-electron chi connectivity index (χ2n) is 4.97. The number of anilines is 2. The molecule has 1 aromatic heterocycles. The van der Waals surface area contributed by atoms with Crippen molar-refractivity contribution in [3.8, 4) is 0 Å². The van der Waals surface area contributed by atoms with Crippen molar-refractivity contribution in [2.24, 2.45) is 0 Å². The highest BCUT2D eigenvalue weighted by Gasteiger charge is 2.06. The molecule has 0 aliphatic carbocycles. The Hall–Kier alpha value is -2.63. The number of hydrogen-bond acceptors (Lipinski definition) is 4. The summed E-state index contributed by atoms with van der Waals surface area (Å²) < 4.78 is 1.28.